The summed E-state index contributed by atoms with van der Waals surface area (Å²) in [5, 5.41) is 10.0. The Kier molecular flexibility index (Phi) is 5.21. The SMILES string of the molecule is C=C1CC2c3cc(C#N)ccc3N3c4ccccc4N(C)C3C2C2N(c3ccccc3)c3nccnc3N2c2ccccc21. The highest BCUT2D eigenvalue weighted by Crippen LogP contribution is 2.61. The highest BCUT2D eigenvalue weighted by Gasteiger charge is 2.57. The average Bonchev–Trinajstić information content (AvgIpc) is 3.56. The van der Waals surface area contributed by atoms with Gasteiger partial charge < -0.3 is 19.6 Å². The fraction of sp³-hybridized carbons (Fsp3) is 0.162. The summed E-state index contributed by atoms with van der Waals surface area (Å²) in [7, 11) is 2.21. The summed E-state index contributed by atoms with van der Waals surface area (Å²) < 4.78 is 0. The molecule has 4 aliphatic heterocycles. The van der Waals surface area contributed by atoms with Gasteiger partial charge in [-0.15, -0.1) is 0 Å². The number of para-hydroxylation sites is 4. The van der Waals surface area contributed by atoms with E-state index >= 15 is 0 Å². The number of hydrogen-bond donors (Lipinski definition) is 0. The zero-order valence-electron chi connectivity index (χ0n) is 24.2. The zero-order chi connectivity index (χ0) is 29.5. The van der Waals surface area contributed by atoms with E-state index in [4.69, 9.17) is 9.97 Å². The van der Waals surface area contributed by atoms with E-state index < -0.39 is 0 Å². The summed E-state index contributed by atoms with van der Waals surface area (Å²) in [5.41, 5.74) is 9.72. The molecule has 0 fully saturated rings. The lowest BCUT2D eigenvalue weighted by Gasteiger charge is -2.52. The summed E-state index contributed by atoms with van der Waals surface area (Å²) in [4.78, 5) is 19.7. The minimum atomic E-state index is -0.169. The maximum absolute atomic E-state index is 10.0. The van der Waals surface area contributed by atoms with Crippen LogP contribution in [0.1, 0.15) is 29.0 Å². The molecule has 4 atom stereocenters. The number of benzene rings is 4. The average molecular weight is 572 g/mol. The quantitative estimate of drug-likeness (QED) is 0.204. The first-order valence-electron chi connectivity index (χ1n) is 15.0. The van der Waals surface area contributed by atoms with E-state index in [1.165, 1.54) is 16.9 Å². The number of rotatable bonds is 1. The summed E-state index contributed by atoms with van der Waals surface area (Å²) in [5.74, 6) is 1.76. The molecule has 0 bridgehead atoms. The van der Waals surface area contributed by atoms with Gasteiger partial charge in [0.05, 0.1) is 28.7 Å². The van der Waals surface area contributed by atoms with Gasteiger partial charge in [-0.25, -0.2) is 9.97 Å². The molecule has 5 heterocycles. The Labute approximate surface area is 256 Å². The fourth-order valence-electron chi connectivity index (χ4n) is 8.14. The molecule has 9 rings (SSSR count). The minimum absolute atomic E-state index is 0.0103. The van der Waals surface area contributed by atoms with Crippen molar-refractivity contribution < 1.29 is 0 Å². The molecule has 0 aliphatic carbocycles. The van der Waals surface area contributed by atoms with Gasteiger partial charge in [0, 0.05) is 48.2 Å². The van der Waals surface area contributed by atoms with Gasteiger partial charge in [0.15, 0.2) is 11.6 Å². The highest BCUT2D eigenvalue weighted by atomic mass is 15.5. The van der Waals surface area contributed by atoms with Crippen LogP contribution in [0.5, 0.6) is 0 Å². The summed E-state index contributed by atoms with van der Waals surface area (Å²) >= 11 is 0. The van der Waals surface area contributed by atoms with E-state index in [0.717, 1.165) is 46.3 Å². The Bertz CT molecular complexity index is 2010. The first-order chi connectivity index (χ1) is 21.7. The van der Waals surface area contributed by atoms with Crippen molar-refractivity contribution in [3.8, 4) is 6.07 Å². The smallest absolute Gasteiger partial charge is 0.178 e. The van der Waals surface area contributed by atoms with Gasteiger partial charge in [-0.3, -0.25) is 0 Å². The predicted octanol–water partition coefficient (Wildman–Crippen LogP) is 7.71. The predicted molar refractivity (Wildman–Crippen MR) is 175 cm³/mol. The van der Waals surface area contributed by atoms with E-state index in [1.54, 1.807) is 12.4 Å². The van der Waals surface area contributed by atoms with Gasteiger partial charge in [-0.1, -0.05) is 55.1 Å². The standard InChI is InChI=1S/C37H29N7/c1-23-20-28-27-21-24(22-38)16-17-30(27)43-32-15-9-8-14-31(32)41(2)36(43)33(28)37-42(25-10-4-3-5-11-25)34-35(40-19-18-39-34)44(37)29-13-7-6-12-26(23)29/h3-19,21,28,33,36-37H,1,20H2,2H3. The molecule has 44 heavy (non-hydrogen) atoms. The molecule has 0 amide bonds. The van der Waals surface area contributed by atoms with Gasteiger partial charge in [-0.05, 0) is 66.1 Å². The van der Waals surface area contributed by atoms with E-state index in [9.17, 15) is 5.26 Å². The molecule has 0 N–H and O–H groups in total. The zero-order valence-corrected chi connectivity index (χ0v) is 24.2. The van der Waals surface area contributed by atoms with Crippen LogP contribution < -0.4 is 19.6 Å². The van der Waals surface area contributed by atoms with Crippen LogP contribution in [0, 0.1) is 17.2 Å². The number of anilines is 7. The van der Waals surface area contributed by atoms with Gasteiger partial charge in [0.25, 0.3) is 0 Å². The summed E-state index contributed by atoms with van der Waals surface area (Å²) in [6.07, 6.45) is 4.16. The molecule has 4 unspecified atom stereocenters. The van der Waals surface area contributed by atoms with Crippen molar-refractivity contribution in [1.29, 1.82) is 5.26 Å². The normalized spacial score (nSPS) is 22.4. The Hall–Kier alpha value is -5.61. The molecular formula is C37H29N7. The van der Waals surface area contributed by atoms with Gasteiger partial charge in [0.2, 0.25) is 0 Å². The number of nitriles is 1. The minimum Gasteiger partial charge on any atom is -0.352 e. The monoisotopic (exact) mass is 571 g/mol. The summed E-state index contributed by atoms with van der Waals surface area (Å²) in [6, 6.07) is 36.4. The Morgan fingerprint density at radius 1 is 0.727 bits per heavy atom. The van der Waals surface area contributed by atoms with Crippen LogP contribution in [0.25, 0.3) is 5.57 Å². The van der Waals surface area contributed by atoms with Gasteiger partial charge >= 0.3 is 0 Å². The second kappa shape index (κ2) is 9.19. The van der Waals surface area contributed by atoms with E-state index in [0.29, 0.717) is 5.56 Å². The molecule has 0 saturated heterocycles. The second-order valence-corrected chi connectivity index (χ2v) is 12.0. The van der Waals surface area contributed by atoms with Crippen LogP contribution in [0.15, 0.2) is 116 Å². The van der Waals surface area contributed by atoms with Gasteiger partial charge in [0.1, 0.15) is 12.3 Å². The number of aromatic nitrogens is 2. The lowest BCUT2D eigenvalue weighted by atomic mass is 9.71. The number of hydrogen-bond acceptors (Lipinski definition) is 7. The molecule has 5 aromatic rings. The van der Waals surface area contributed by atoms with Gasteiger partial charge in [-0.2, -0.15) is 5.26 Å². The lowest BCUT2D eigenvalue weighted by molar-refractivity contribution is 0.286. The number of nitrogens with zero attached hydrogens (tertiary/aromatic N) is 7. The van der Waals surface area contributed by atoms with Crippen molar-refractivity contribution in [2.45, 2.75) is 24.7 Å². The van der Waals surface area contributed by atoms with Crippen LogP contribution in [-0.4, -0.2) is 29.3 Å². The van der Waals surface area contributed by atoms with E-state index in [2.05, 4.69) is 130 Å². The first kappa shape index (κ1) is 24.9. The molecule has 4 aromatic carbocycles. The maximum Gasteiger partial charge on any atom is 0.178 e. The van der Waals surface area contributed by atoms with Crippen molar-refractivity contribution in [1.82, 2.24) is 9.97 Å². The van der Waals surface area contributed by atoms with Crippen molar-refractivity contribution in [2.24, 2.45) is 5.92 Å². The van der Waals surface area contributed by atoms with E-state index in [1.807, 2.05) is 6.07 Å². The van der Waals surface area contributed by atoms with Crippen LogP contribution in [-0.2, 0) is 0 Å². The van der Waals surface area contributed by atoms with Crippen LogP contribution in [0.3, 0.4) is 0 Å². The van der Waals surface area contributed by atoms with Crippen LogP contribution in [0.2, 0.25) is 0 Å². The number of fused-ring (bicyclic) bond motifs is 14. The van der Waals surface area contributed by atoms with E-state index in [-0.39, 0.29) is 24.2 Å². The summed E-state index contributed by atoms with van der Waals surface area (Å²) in [6.45, 7) is 4.69. The molecular weight excluding hydrogens is 542 g/mol. The molecule has 0 saturated carbocycles. The Morgan fingerprint density at radius 3 is 2.18 bits per heavy atom. The highest BCUT2D eigenvalue weighted by molar-refractivity contribution is 5.91. The molecule has 7 heteroatoms. The molecule has 0 spiro atoms. The van der Waals surface area contributed by atoms with Crippen molar-refractivity contribution >= 4 is 45.6 Å². The second-order valence-electron chi connectivity index (χ2n) is 12.0. The molecule has 4 aliphatic rings. The lowest BCUT2D eigenvalue weighted by Crippen LogP contribution is -2.60. The molecule has 212 valence electrons. The Morgan fingerprint density at radius 2 is 1.41 bits per heavy atom. The fourth-order valence-corrected chi connectivity index (χ4v) is 8.14. The first-order valence-corrected chi connectivity index (χ1v) is 15.0. The third-order valence-corrected chi connectivity index (χ3v) is 9.84. The Balaban J connectivity index is 1.38. The van der Waals surface area contributed by atoms with Crippen LogP contribution in [0.4, 0.5) is 40.1 Å². The maximum atomic E-state index is 10.0. The third-order valence-electron chi connectivity index (χ3n) is 9.84. The van der Waals surface area contributed by atoms with Crippen LogP contribution >= 0.6 is 0 Å². The largest absolute Gasteiger partial charge is 0.352 e. The topological polar surface area (TPSA) is 62.5 Å². The molecule has 7 nitrogen and oxygen atoms in total. The number of allylic oxidation sites excluding steroid dienone is 1. The van der Waals surface area contributed by atoms with Crippen molar-refractivity contribution in [3.63, 3.8) is 0 Å². The molecule has 1 aromatic heterocycles. The van der Waals surface area contributed by atoms with Crippen molar-refractivity contribution in [2.75, 3.05) is 26.6 Å². The third kappa shape index (κ3) is 3.25. The molecule has 0 radical (unpaired) electrons. The van der Waals surface area contributed by atoms with Crippen molar-refractivity contribution in [3.05, 3.63) is 133 Å².